The van der Waals surface area contributed by atoms with E-state index in [0.29, 0.717) is 0 Å². The van der Waals surface area contributed by atoms with E-state index in [9.17, 15) is 0 Å². The van der Waals surface area contributed by atoms with E-state index in [-0.39, 0.29) is 0 Å². The van der Waals surface area contributed by atoms with Crippen LogP contribution in [0, 0.1) is 11.8 Å². The Labute approximate surface area is 153 Å². The van der Waals surface area contributed by atoms with Crippen molar-refractivity contribution in [3.63, 3.8) is 0 Å². The van der Waals surface area contributed by atoms with Crippen molar-refractivity contribution in [1.82, 2.24) is 19.6 Å². The van der Waals surface area contributed by atoms with Gasteiger partial charge in [-0.05, 0) is 48.8 Å². The van der Waals surface area contributed by atoms with Gasteiger partial charge in [0.05, 0.1) is 5.56 Å². The molecule has 25 heavy (non-hydrogen) atoms. The number of nitrogens with two attached hydrogens (primary N) is 1. The number of hydrogen-bond acceptors (Lipinski definition) is 4. The van der Waals surface area contributed by atoms with Crippen LogP contribution < -0.4 is 5.73 Å². The molecule has 0 aromatic carbocycles. The molecule has 2 N–H and O–H groups in total. The number of thioether (sulfide) groups is 1. The van der Waals surface area contributed by atoms with Gasteiger partial charge in [-0.25, -0.2) is 0 Å². The van der Waals surface area contributed by atoms with Crippen LogP contribution in [0.4, 0.5) is 5.82 Å². The highest BCUT2D eigenvalue weighted by Crippen LogP contribution is 2.45. The second kappa shape index (κ2) is 6.90. The number of hydrogen-bond donors (Lipinski definition) is 1. The van der Waals surface area contributed by atoms with Crippen LogP contribution in [-0.2, 0) is 7.05 Å². The van der Waals surface area contributed by atoms with Crippen molar-refractivity contribution < 1.29 is 0 Å². The van der Waals surface area contributed by atoms with E-state index in [1.165, 1.54) is 37.7 Å². The lowest BCUT2D eigenvalue weighted by molar-refractivity contribution is 0.262. The summed E-state index contributed by atoms with van der Waals surface area (Å²) in [4.78, 5) is 0. The third-order valence-electron chi connectivity index (χ3n) is 5.58. The summed E-state index contributed by atoms with van der Waals surface area (Å²) in [6.45, 7) is 2.16. The summed E-state index contributed by atoms with van der Waals surface area (Å²) in [5.74, 6) is 4.12. The standard InChI is InChI=1S/C19H27N5S/c1-3-25-19-17(15-9-8-13-6-4-5-7-14(13)12-15)18(20)24(22-19)16-10-11-23(2)21-16/h10-14H,3-9,20H2,1-2H3. The molecule has 2 atom stereocenters. The van der Waals surface area contributed by atoms with E-state index in [0.717, 1.165) is 46.2 Å². The first-order valence-electron chi connectivity index (χ1n) is 9.39. The van der Waals surface area contributed by atoms with Crippen molar-refractivity contribution in [3.05, 3.63) is 23.9 Å². The predicted molar refractivity (Wildman–Crippen MR) is 104 cm³/mol. The van der Waals surface area contributed by atoms with Gasteiger partial charge in [-0.2, -0.15) is 14.9 Å². The fourth-order valence-corrected chi connectivity index (χ4v) is 5.14. The minimum atomic E-state index is 0.731. The Balaban J connectivity index is 1.75. The molecule has 2 heterocycles. The zero-order valence-corrected chi connectivity index (χ0v) is 15.9. The molecule has 6 heteroatoms. The number of aryl methyl sites for hydroxylation is 1. The van der Waals surface area contributed by atoms with Gasteiger partial charge in [-0.3, -0.25) is 4.68 Å². The molecule has 2 aliphatic carbocycles. The van der Waals surface area contributed by atoms with E-state index in [2.05, 4.69) is 18.1 Å². The molecule has 2 aromatic heterocycles. The summed E-state index contributed by atoms with van der Waals surface area (Å²) >= 11 is 1.77. The smallest absolute Gasteiger partial charge is 0.177 e. The van der Waals surface area contributed by atoms with Gasteiger partial charge in [0.1, 0.15) is 10.8 Å². The molecule has 5 nitrogen and oxygen atoms in total. The van der Waals surface area contributed by atoms with Gasteiger partial charge in [0, 0.05) is 19.3 Å². The highest BCUT2D eigenvalue weighted by Gasteiger charge is 2.30. The van der Waals surface area contributed by atoms with E-state index in [4.69, 9.17) is 10.8 Å². The minimum Gasteiger partial charge on any atom is -0.383 e. The first-order valence-corrected chi connectivity index (χ1v) is 10.4. The lowest BCUT2D eigenvalue weighted by atomic mass is 9.71. The van der Waals surface area contributed by atoms with Gasteiger partial charge in [0.25, 0.3) is 0 Å². The molecule has 4 rings (SSSR count). The van der Waals surface area contributed by atoms with Crippen molar-refractivity contribution in [1.29, 1.82) is 0 Å². The average molecular weight is 358 g/mol. The van der Waals surface area contributed by atoms with Crippen LogP contribution in [0.1, 0.15) is 51.0 Å². The zero-order valence-electron chi connectivity index (χ0n) is 15.1. The summed E-state index contributed by atoms with van der Waals surface area (Å²) in [7, 11) is 1.92. The van der Waals surface area contributed by atoms with Crippen LogP contribution in [0.15, 0.2) is 23.4 Å². The first kappa shape index (κ1) is 16.8. The second-order valence-electron chi connectivity index (χ2n) is 7.20. The highest BCUT2D eigenvalue weighted by molar-refractivity contribution is 7.99. The van der Waals surface area contributed by atoms with Crippen molar-refractivity contribution in [2.45, 2.75) is 50.5 Å². The van der Waals surface area contributed by atoms with Gasteiger partial charge in [-0.1, -0.05) is 25.8 Å². The topological polar surface area (TPSA) is 61.7 Å². The lowest BCUT2D eigenvalue weighted by Crippen LogP contribution is -2.21. The molecule has 0 saturated heterocycles. The largest absolute Gasteiger partial charge is 0.383 e. The van der Waals surface area contributed by atoms with Gasteiger partial charge in [0.15, 0.2) is 5.82 Å². The van der Waals surface area contributed by atoms with E-state index < -0.39 is 0 Å². The van der Waals surface area contributed by atoms with Crippen molar-refractivity contribution in [2.75, 3.05) is 11.5 Å². The normalized spacial score (nSPS) is 23.4. The van der Waals surface area contributed by atoms with Crippen LogP contribution in [0.5, 0.6) is 0 Å². The van der Waals surface area contributed by atoms with Gasteiger partial charge in [0.2, 0.25) is 0 Å². The molecule has 134 valence electrons. The summed E-state index contributed by atoms with van der Waals surface area (Å²) < 4.78 is 3.59. The maximum absolute atomic E-state index is 6.57. The third kappa shape index (κ3) is 3.12. The zero-order chi connectivity index (χ0) is 17.4. The first-order chi connectivity index (χ1) is 12.2. The summed E-state index contributed by atoms with van der Waals surface area (Å²) in [6, 6.07) is 1.96. The molecule has 0 aliphatic heterocycles. The maximum Gasteiger partial charge on any atom is 0.177 e. The Bertz CT molecular complexity index is 788. The summed E-state index contributed by atoms with van der Waals surface area (Å²) in [6.07, 6.45) is 12.4. The second-order valence-corrected chi connectivity index (χ2v) is 8.45. The van der Waals surface area contributed by atoms with Crippen molar-refractivity contribution in [2.24, 2.45) is 18.9 Å². The van der Waals surface area contributed by atoms with Crippen molar-refractivity contribution in [3.8, 4) is 5.82 Å². The van der Waals surface area contributed by atoms with Crippen LogP contribution in [0.2, 0.25) is 0 Å². The molecule has 2 unspecified atom stereocenters. The Morgan fingerprint density at radius 3 is 2.84 bits per heavy atom. The molecule has 0 bridgehead atoms. The average Bonchev–Trinajstić information content (AvgIpc) is 3.18. The van der Waals surface area contributed by atoms with Gasteiger partial charge in [-0.15, -0.1) is 11.8 Å². The Morgan fingerprint density at radius 2 is 2.08 bits per heavy atom. The van der Waals surface area contributed by atoms with Gasteiger partial charge < -0.3 is 5.73 Å². The van der Waals surface area contributed by atoms with Crippen molar-refractivity contribution >= 4 is 23.2 Å². The van der Waals surface area contributed by atoms with Crippen LogP contribution >= 0.6 is 11.8 Å². The van der Waals surface area contributed by atoms with E-state index >= 15 is 0 Å². The van der Waals surface area contributed by atoms with E-state index in [1.54, 1.807) is 21.1 Å². The fraction of sp³-hybridized carbons (Fsp3) is 0.579. The Morgan fingerprint density at radius 1 is 1.24 bits per heavy atom. The molecular weight excluding hydrogens is 330 g/mol. The number of allylic oxidation sites excluding steroid dienone is 2. The SMILES string of the molecule is CCSc1nn(-c2ccn(C)n2)c(N)c1C1=CC2CCCCC2CC1. The minimum absolute atomic E-state index is 0.731. The number of nitrogen functional groups attached to an aromatic ring is 1. The molecule has 1 saturated carbocycles. The lowest BCUT2D eigenvalue weighted by Gasteiger charge is -2.34. The maximum atomic E-state index is 6.57. The molecular formula is C19H27N5S. The predicted octanol–water partition coefficient (Wildman–Crippen LogP) is 4.28. The molecule has 2 aliphatic rings. The fourth-order valence-electron chi connectivity index (χ4n) is 4.35. The van der Waals surface area contributed by atoms with Gasteiger partial charge >= 0.3 is 0 Å². The molecule has 1 fully saturated rings. The van der Waals surface area contributed by atoms with Crippen LogP contribution in [0.3, 0.4) is 0 Å². The van der Waals surface area contributed by atoms with Crippen LogP contribution in [0.25, 0.3) is 11.4 Å². The summed E-state index contributed by atoms with van der Waals surface area (Å²) in [5, 5.41) is 10.3. The van der Waals surface area contributed by atoms with E-state index in [1.807, 2.05) is 19.3 Å². The van der Waals surface area contributed by atoms with Crippen LogP contribution in [-0.4, -0.2) is 25.3 Å². The monoisotopic (exact) mass is 357 g/mol. The number of aromatic nitrogens is 4. The molecule has 2 aromatic rings. The third-order valence-corrected chi connectivity index (χ3v) is 6.42. The number of nitrogens with zero attached hydrogens (tertiary/aromatic N) is 4. The number of fused-ring (bicyclic) bond motifs is 1. The molecule has 0 spiro atoms. The summed E-state index contributed by atoms with van der Waals surface area (Å²) in [5.41, 5.74) is 9.13. The Hall–Kier alpha value is -1.69. The molecule has 0 radical (unpaired) electrons. The number of anilines is 1. The number of rotatable bonds is 4. The Kier molecular flexibility index (Phi) is 4.63. The molecule has 0 amide bonds. The highest BCUT2D eigenvalue weighted by atomic mass is 32.2. The quantitative estimate of drug-likeness (QED) is 0.830.